The fourth-order valence-electron chi connectivity index (χ4n) is 1.29. The van der Waals surface area contributed by atoms with Crippen LogP contribution in [0.3, 0.4) is 0 Å². The first-order valence-electron chi connectivity index (χ1n) is 5.14. The van der Waals surface area contributed by atoms with Crippen LogP contribution in [0, 0.1) is 0 Å². The van der Waals surface area contributed by atoms with Crippen molar-refractivity contribution in [3.8, 4) is 0 Å². The Morgan fingerprint density at radius 3 is 1.73 bits per heavy atom. The summed E-state index contributed by atoms with van der Waals surface area (Å²) in [6.07, 6.45) is -1.42. The number of halogens is 3. The zero-order valence-corrected chi connectivity index (χ0v) is 9.82. The Labute approximate surface area is 89.4 Å². The molecular weight excluding hydrogens is 223 g/mol. The minimum absolute atomic E-state index is 0.208. The van der Waals surface area contributed by atoms with Crippen LogP contribution < -0.4 is 16.2 Å². The van der Waals surface area contributed by atoms with Gasteiger partial charge in [0.25, 0.3) is 8.56 Å². The molecule has 0 fully saturated rings. The fraction of sp³-hybridized carbons (Fsp3) is 1.00. The maximum Gasteiger partial charge on any atom is 0.389 e. The summed E-state index contributed by atoms with van der Waals surface area (Å²) in [6, 6.07) is 0.631. The number of nitrogens with two attached hydrogens (primary N) is 3. The molecule has 3 nitrogen and oxygen atoms in total. The molecule has 0 bridgehead atoms. The van der Waals surface area contributed by atoms with Gasteiger partial charge in [0, 0.05) is 6.42 Å². The van der Waals surface area contributed by atoms with Gasteiger partial charge in [-0.2, -0.15) is 13.2 Å². The van der Waals surface area contributed by atoms with E-state index in [-0.39, 0.29) is 6.42 Å². The molecule has 0 aromatic rings. The normalized spacial score (nSPS) is 13.2. The lowest BCUT2D eigenvalue weighted by Crippen LogP contribution is -2.64. The Bertz CT molecular complexity index is 149. The molecule has 0 saturated carbocycles. The van der Waals surface area contributed by atoms with Crippen molar-refractivity contribution < 1.29 is 13.2 Å². The van der Waals surface area contributed by atoms with Crippen molar-refractivity contribution in [1.29, 1.82) is 0 Å². The molecule has 7 heteroatoms. The largest absolute Gasteiger partial charge is 0.389 e. The molecule has 0 radical (unpaired) electrons. The predicted octanol–water partition coefficient (Wildman–Crippen LogP) is 1.70. The van der Waals surface area contributed by atoms with E-state index < -0.39 is 21.2 Å². The van der Waals surface area contributed by atoms with Gasteiger partial charge in [-0.15, -0.1) is 0 Å². The molecule has 0 amide bonds. The monoisotopic (exact) mass is 243 g/mol. The Balaban J connectivity index is 3.20. The van der Waals surface area contributed by atoms with Crippen molar-refractivity contribution >= 4 is 8.56 Å². The molecular formula is C8H20F3N3Si. The zero-order valence-electron chi connectivity index (χ0n) is 8.82. The summed E-state index contributed by atoms with van der Waals surface area (Å²) in [4.78, 5) is 0. The van der Waals surface area contributed by atoms with Crippen molar-refractivity contribution in [3.63, 3.8) is 0 Å². The molecule has 0 aliphatic heterocycles. The molecule has 0 atom stereocenters. The van der Waals surface area contributed by atoms with Gasteiger partial charge in [-0.3, -0.25) is 0 Å². The predicted molar refractivity (Wildman–Crippen MR) is 56.9 cm³/mol. The van der Waals surface area contributed by atoms with Gasteiger partial charge in [0.05, 0.1) is 0 Å². The van der Waals surface area contributed by atoms with Gasteiger partial charge < -0.3 is 16.2 Å². The molecule has 0 aliphatic rings. The van der Waals surface area contributed by atoms with Gasteiger partial charge in [0.2, 0.25) is 0 Å². The molecule has 0 aliphatic carbocycles. The SMILES string of the molecule is N[Si](N)(N)CCCCCCCC(F)(F)F. The molecule has 0 spiro atoms. The number of alkyl halides is 3. The maximum absolute atomic E-state index is 11.7. The molecule has 92 valence electrons. The van der Waals surface area contributed by atoms with E-state index in [1.54, 1.807) is 0 Å². The fourth-order valence-corrected chi connectivity index (χ4v) is 2.15. The zero-order chi connectivity index (χ0) is 11.9. The van der Waals surface area contributed by atoms with E-state index in [0.717, 1.165) is 19.3 Å². The molecule has 15 heavy (non-hydrogen) atoms. The van der Waals surface area contributed by atoms with E-state index in [1.165, 1.54) is 0 Å². The first-order valence-corrected chi connectivity index (χ1v) is 7.58. The molecule has 0 aromatic carbocycles. The van der Waals surface area contributed by atoms with Crippen molar-refractivity contribution in [1.82, 2.24) is 0 Å². The van der Waals surface area contributed by atoms with Crippen LogP contribution in [0.25, 0.3) is 0 Å². The Morgan fingerprint density at radius 2 is 1.27 bits per heavy atom. The first-order chi connectivity index (χ1) is 6.71. The second-order valence-electron chi connectivity index (χ2n) is 4.00. The summed E-state index contributed by atoms with van der Waals surface area (Å²) in [5.74, 6) is 0. The van der Waals surface area contributed by atoms with E-state index in [2.05, 4.69) is 0 Å². The molecule has 0 unspecified atom stereocenters. The second kappa shape index (κ2) is 6.47. The van der Waals surface area contributed by atoms with Crippen LogP contribution in [0.5, 0.6) is 0 Å². The van der Waals surface area contributed by atoms with Crippen LogP contribution in [0.1, 0.15) is 38.5 Å². The average Bonchev–Trinajstić information content (AvgIpc) is 1.98. The summed E-state index contributed by atoms with van der Waals surface area (Å²) in [7, 11) is -2.44. The molecule has 0 saturated heterocycles. The highest BCUT2D eigenvalue weighted by molar-refractivity contribution is 6.70. The van der Waals surface area contributed by atoms with Gasteiger partial charge >= 0.3 is 6.18 Å². The summed E-state index contributed by atoms with van der Waals surface area (Å²) in [5.41, 5.74) is 0. The minimum Gasteiger partial charge on any atom is -0.327 e. The van der Waals surface area contributed by atoms with E-state index in [9.17, 15) is 13.2 Å². The highest BCUT2D eigenvalue weighted by Crippen LogP contribution is 2.23. The Morgan fingerprint density at radius 1 is 0.800 bits per heavy atom. The first kappa shape index (κ1) is 14.9. The van der Waals surface area contributed by atoms with Gasteiger partial charge in [0.15, 0.2) is 0 Å². The van der Waals surface area contributed by atoms with Gasteiger partial charge in [-0.1, -0.05) is 25.7 Å². The van der Waals surface area contributed by atoms with Crippen LogP contribution in [0.4, 0.5) is 13.2 Å². The molecule has 0 rings (SSSR count). The van der Waals surface area contributed by atoms with Crippen molar-refractivity contribution in [2.75, 3.05) is 0 Å². The van der Waals surface area contributed by atoms with Crippen LogP contribution >= 0.6 is 0 Å². The summed E-state index contributed by atoms with van der Waals surface area (Å²) in [5, 5.41) is 16.4. The van der Waals surface area contributed by atoms with E-state index >= 15 is 0 Å². The lowest BCUT2D eigenvalue weighted by molar-refractivity contribution is -0.135. The van der Waals surface area contributed by atoms with Gasteiger partial charge in [-0.25, -0.2) is 0 Å². The van der Waals surface area contributed by atoms with E-state index in [4.69, 9.17) is 16.2 Å². The van der Waals surface area contributed by atoms with Crippen LogP contribution in [0.2, 0.25) is 6.04 Å². The quantitative estimate of drug-likeness (QED) is 0.470. The van der Waals surface area contributed by atoms with Crippen molar-refractivity contribution in [3.05, 3.63) is 0 Å². The number of hydrogen-bond donors (Lipinski definition) is 3. The summed E-state index contributed by atoms with van der Waals surface area (Å²) in [6.45, 7) is 0. The molecule has 0 heterocycles. The second-order valence-corrected chi connectivity index (χ2v) is 6.72. The maximum atomic E-state index is 11.7. The standard InChI is InChI=1S/C8H20F3N3Si/c9-8(10,11)6-4-2-1-3-5-7-15(12,13)14/h1-7,12-14H2. The third-order valence-corrected chi connectivity index (χ3v) is 3.29. The third-order valence-electron chi connectivity index (χ3n) is 2.07. The van der Waals surface area contributed by atoms with E-state index in [0.29, 0.717) is 12.5 Å². The summed E-state index contributed by atoms with van der Waals surface area (Å²) >= 11 is 0. The summed E-state index contributed by atoms with van der Waals surface area (Å²) < 4.78 is 35.2. The van der Waals surface area contributed by atoms with Gasteiger partial charge in [0.1, 0.15) is 0 Å². The van der Waals surface area contributed by atoms with E-state index in [1.807, 2.05) is 0 Å². The van der Waals surface area contributed by atoms with Gasteiger partial charge in [-0.05, 0) is 12.5 Å². The lowest BCUT2D eigenvalue weighted by atomic mass is 10.1. The number of hydrogen-bond acceptors (Lipinski definition) is 3. The Kier molecular flexibility index (Phi) is 6.42. The third kappa shape index (κ3) is 13.9. The van der Waals surface area contributed by atoms with Crippen molar-refractivity contribution in [2.24, 2.45) is 16.2 Å². The lowest BCUT2D eigenvalue weighted by Gasteiger charge is -2.13. The molecule has 0 aromatic heterocycles. The average molecular weight is 243 g/mol. The van der Waals surface area contributed by atoms with Crippen LogP contribution in [-0.4, -0.2) is 14.7 Å². The highest BCUT2D eigenvalue weighted by Gasteiger charge is 2.25. The topological polar surface area (TPSA) is 78.1 Å². The minimum atomic E-state index is -4.02. The molecule has 6 N–H and O–H groups in total. The van der Waals surface area contributed by atoms with Crippen LogP contribution in [0.15, 0.2) is 0 Å². The highest BCUT2D eigenvalue weighted by atomic mass is 28.4. The van der Waals surface area contributed by atoms with Crippen LogP contribution in [-0.2, 0) is 0 Å². The Hall–Kier alpha value is -0.113. The smallest absolute Gasteiger partial charge is 0.327 e. The van der Waals surface area contributed by atoms with Crippen molar-refractivity contribution in [2.45, 2.75) is 50.7 Å². The number of unbranched alkanes of at least 4 members (excludes halogenated alkanes) is 4. The number of rotatable bonds is 7.